The minimum Gasteiger partial charge on any atom is -0.480 e. The molecule has 0 saturated carbocycles. The summed E-state index contributed by atoms with van der Waals surface area (Å²) in [5, 5.41) is 11.3. The van der Waals surface area contributed by atoms with Gasteiger partial charge in [0.15, 0.2) is 0 Å². The van der Waals surface area contributed by atoms with Gasteiger partial charge in [-0.3, -0.25) is 14.5 Å². The molecule has 1 atom stereocenters. The molecule has 0 aromatic heterocycles. The normalized spacial score (nSPS) is 21.5. The minimum absolute atomic E-state index is 0.543. The van der Waals surface area contributed by atoms with Gasteiger partial charge in [-0.25, -0.2) is 4.79 Å². The van der Waals surface area contributed by atoms with Gasteiger partial charge in [-0.2, -0.15) is 0 Å². The Balaban J connectivity index is 2.27. The van der Waals surface area contributed by atoms with Crippen LogP contribution in [0.3, 0.4) is 0 Å². The van der Waals surface area contributed by atoms with E-state index in [0.717, 1.165) is 23.3 Å². The number of carboxylic acid groups (broad SMARTS) is 1. The Labute approximate surface area is 122 Å². The van der Waals surface area contributed by atoms with Crippen LogP contribution in [0.15, 0.2) is 24.3 Å². The van der Waals surface area contributed by atoms with Gasteiger partial charge in [-0.15, -0.1) is 0 Å². The fraction of sp³-hybridized carbons (Fsp3) is 0.400. The second-order valence-corrected chi connectivity index (χ2v) is 5.29. The predicted octanol–water partition coefficient (Wildman–Crippen LogP) is 1.49. The summed E-state index contributed by atoms with van der Waals surface area (Å²) in [6.45, 7) is 3.04. The van der Waals surface area contributed by atoms with Crippen molar-refractivity contribution in [2.75, 3.05) is 6.54 Å². The number of hydrogen-bond donors (Lipinski definition) is 2. The number of hydrogen-bond acceptors (Lipinski definition) is 3. The van der Waals surface area contributed by atoms with E-state index < -0.39 is 30.0 Å². The second-order valence-electron chi connectivity index (χ2n) is 5.29. The highest BCUT2D eigenvalue weighted by Gasteiger charge is 2.49. The molecule has 1 fully saturated rings. The lowest BCUT2D eigenvalue weighted by Crippen LogP contribution is -2.41. The molecule has 1 aromatic rings. The molecule has 0 aliphatic carbocycles. The fourth-order valence-electron chi connectivity index (χ4n) is 2.46. The predicted molar refractivity (Wildman–Crippen MR) is 75.7 cm³/mol. The van der Waals surface area contributed by atoms with E-state index in [0.29, 0.717) is 5.56 Å². The van der Waals surface area contributed by atoms with Gasteiger partial charge in [-0.05, 0) is 24.5 Å². The largest absolute Gasteiger partial charge is 0.480 e. The van der Waals surface area contributed by atoms with Crippen molar-refractivity contribution in [2.45, 2.75) is 32.2 Å². The molecule has 1 saturated heterocycles. The molecule has 21 heavy (non-hydrogen) atoms. The maximum atomic E-state index is 12.4. The molecule has 6 heteroatoms. The zero-order valence-corrected chi connectivity index (χ0v) is 12.0. The van der Waals surface area contributed by atoms with Gasteiger partial charge in [0.2, 0.25) is 0 Å². The maximum Gasteiger partial charge on any atom is 0.325 e. The average Bonchev–Trinajstić information content (AvgIpc) is 2.64. The van der Waals surface area contributed by atoms with E-state index in [9.17, 15) is 14.4 Å². The standard InChI is InChI=1S/C15H18N2O4/c1-3-4-10-5-7-11(8-6-10)15(2)13(20)17(9-12(18)19)14(21)16-15/h5-8H,3-4,9H2,1-2H3,(H,16,21)(H,18,19). The zero-order chi connectivity index (χ0) is 15.6. The van der Waals surface area contributed by atoms with E-state index >= 15 is 0 Å². The number of aliphatic carboxylic acids is 1. The first-order chi connectivity index (χ1) is 9.88. The molecule has 1 aliphatic heterocycles. The monoisotopic (exact) mass is 290 g/mol. The summed E-state index contributed by atoms with van der Waals surface area (Å²) in [7, 11) is 0. The molecule has 1 aliphatic rings. The third kappa shape index (κ3) is 2.74. The second kappa shape index (κ2) is 5.55. The molecule has 0 bridgehead atoms. The van der Waals surface area contributed by atoms with Gasteiger partial charge in [0.25, 0.3) is 5.91 Å². The summed E-state index contributed by atoms with van der Waals surface area (Å²) >= 11 is 0. The number of rotatable bonds is 5. The summed E-state index contributed by atoms with van der Waals surface area (Å²) in [5.41, 5.74) is 0.592. The summed E-state index contributed by atoms with van der Waals surface area (Å²) in [6.07, 6.45) is 1.97. The van der Waals surface area contributed by atoms with E-state index in [1.54, 1.807) is 19.1 Å². The van der Waals surface area contributed by atoms with Crippen LogP contribution in [0.1, 0.15) is 31.4 Å². The Morgan fingerprint density at radius 2 is 1.90 bits per heavy atom. The van der Waals surface area contributed by atoms with Crippen molar-refractivity contribution in [1.82, 2.24) is 10.2 Å². The Bertz CT molecular complexity index is 582. The SMILES string of the molecule is CCCc1ccc(C2(C)NC(=O)N(CC(=O)O)C2=O)cc1. The Morgan fingerprint density at radius 3 is 2.43 bits per heavy atom. The number of carbonyl (C=O) groups excluding carboxylic acids is 2. The van der Waals surface area contributed by atoms with Crippen molar-refractivity contribution >= 4 is 17.9 Å². The van der Waals surface area contributed by atoms with Crippen LogP contribution in [0.2, 0.25) is 0 Å². The van der Waals surface area contributed by atoms with Crippen molar-refractivity contribution in [3.05, 3.63) is 35.4 Å². The topological polar surface area (TPSA) is 86.7 Å². The van der Waals surface area contributed by atoms with Crippen LogP contribution < -0.4 is 5.32 Å². The molecule has 1 heterocycles. The molecule has 112 valence electrons. The first-order valence-corrected chi connectivity index (χ1v) is 6.84. The van der Waals surface area contributed by atoms with Crippen molar-refractivity contribution < 1.29 is 19.5 Å². The lowest BCUT2D eigenvalue weighted by molar-refractivity contribution is -0.142. The molecule has 3 amide bonds. The average molecular weight is 290 g/mol. The van der Waals surface area contributed by atoms with Crippen LogP contribution in [-0.4, -0.2) is 34.5 Å². The number of imide groups is 1. The molecule has 6 nitrogen and oxygen atoms in total. The lowest BCUT2D eigenvalue weighted by Gasteiger charge is -2.22. The highest BCUT2D eigenvalue weighted by atomic mass is 16.4. The smallest absolute Gasteiger partial charge is 0.325 e. The molecule has 0 radical (unpaired) electrons. The van der Waals surface area contributed by atoms with Crippen LogP contribution in [0.25, 0.3) is 0 Å². The molecule has 2 rings (SSSR count). The number of aryl methyl sites for hydroxylation is 1. The first-order valence-electron chi connectivity index (χ1n) is 6.84. The number of carboxylic acids is 1. The van der Waals surface area contributed by atoms with Crippen molar-refractivity contribution in [2.24, 2.45) is 0 Å². The first kappa shape index (κ1) is 15.0. The molecule has 1 aromatic carbocycles. The van der Waals surface area contributed by atoms with Gasteiger partial charge in [0.1, 0.15) is 12.1 Å². The number of nitrogens with one attached hydrogen (secondary N) is 1. The van der Waals surface area contributed by atoms with Gasteiger partial charge >= 0.3 is 12.0 Å². The third-order valence-corrected chi connectivity index (χ3v) is 3.64. The number of carbonyl (C=O) groups is 3. The number of benzene rings is 1. The number of amides is 3. The summed E-state index contributed by atoms with van der Waals surface area (Å²) < 4.78 is 0. The quantitative estimate of drug-likeness (QED) is 0.804. The van der Waals surface area contributed by atoms with E-state index in [-0.39, 0.29) is 0 Å². The highest BCUT2D eigenvalue weighted by molar-refractivity contribution is 6.08. The summed E-state index contributed by atoms with van der Waals surface area (Å²) in [5.74, 6) is -1.76. The molecule has 0 spiro atoms. The van der Waals surface area contributed by atoms with Crippen molar-refractivity contribution in [3.8, 4) is 0 Å². The Hall–Kier alpha value is -2.37. The fourth-order valence-corrected chi connectivity index (χ4v) is 2.46. The van der Waals surface area contributed by atoms with Crippen LogP contribution in [-0.2, 0) is 21.5 Å². The Kier molecular flexibility index (Phi) is 3.97. The van der Waals surface area contributed by atoms with Crippen molar-refractivity contribution in [3.63, 3.8) is 0 Å². The van der Waals surface area contributed by atoms with E-state index in [2.05, 4.69) is 12.2 Å². The zero-order valence-electron chi connectivity index (χ0n) is 12.0. The molecule has 2 N–H and O–H groups in total. The molecule has 1 unspecified atom stereocenters. The van der Waals surface area contributed by atoms with Gasteiger partial charge in [0, 0.05) is 0 Å². The van der Waals surface area contributed by atoms with Gasteiger partial charge in [0.05, 0.1) is 0 Å². The van der Waals surface area contributed by atoms with Crippen LogP contribution >= 0.6 is 0 Å². The highest BCUT2D eigenvalue weighted by Crippen LogP contribution is 2.29. The van der Waals surface area contributed by atoms with Crippen LogP contribution in [0.4, 0.5) is 4.79 Å². The Morgan fingerprint density at radius 1 is 1.29 bits per heavy atom. The minimum atomic E-state index is -1.22. The maximum absolute atomic E-state index is 12.4. The molecular formula is C15H18N2O4. The van der Waals surface area contributed by atoms with Crippen LogP contribution in [0.5, 0.6) is 0 Å². The number of nitrogens with zero attached hydrogens (tertiary/aromatic N) is 1. The van der Waals surface area contributed by atoms with Crippen LogP contribution in [0, 0.1) is 0 Å². The summed E-state index contributed by atoms with van der Waals surface area (Å²) in [4.78, 5) is 35.6. The van der Waals surface area contributed by atoms with Gasteiger partial charge in [-0.1, -0.05) is 37.6 Å². The number of urea groups is 1. The van der Waals surface area contributed by atoms with Crippen molar-refractivity contribution in [1.29, 1.82) is 0 Å². The van der Waals surface area contributed by atoms with E-state index in [1.165, 1.54) is 0 Å². The summed E-state index contributed by atoms with van der Waals surface area (Å²) in [6, 6.07) is 6.76. The van der Waals surface area contributed by atoms with E-state index in [1.807, 2.05) is 12.1 Å². The molecular weight excluding hydrogens is 272 g/mol. The lowest BCUT2D eigenvalue weighted by atomic mass is 9.91. The third-order valence-electron chi connectivity index (χ3n) is 3.64. The van der Waals surface area contributed by atoms with E-state index in [4.69, 9.17) is 5.11 Å². The van der Waals surface area contributed by atoms with Gasteiger partial charge < -0.3 is 10.4 Å².